The Bertz CT molecular complexity index is 2140. The maximum Gasteiger partial charge on any atom is 0.373 e. The van der Waals surface area contributed by atoms with Gasteiger partial charge in [-0.15, -0.1) is 0 Å². The molecular formula is C37H51ClFN7O11P2. The van der Waals surface area contributed by atoms with Gasteiger partial charge < -0.3 is 25.2 Å². The number of ether oxygens (including phenoxy) is 1. The number of aliphatic hydroxyl groups is 2. The van der Waals surface area contributed by atoms with E-state index in [4.69, 9.17) is 45.4 Å². The van der Waals surface area contributed by atoms with Gasteiger partial charge in [0.25, 0.3) is 18.9 Å². The highest BCUT2D eigenvalue weighted by molar-refractivity contribution is 7.87. The number of aromatic nitrogens is 4. The number of aromatic amines is 1. The standard InChI is InChI=1S/C16H26FN6O6P.C12H6.C6H15ClNOP.2CO2.CH4/c1-7(2)8(3)22-30(4,27)28-5-16(17)11(25)10(24)14(29-16)23-6-19-9-12(23)20-15(18)21-13(9)26;1-3-5-7-9-11-12-10-8-6-4-2;1-5(2)6(3)8-10(4,7)9;2*2-1-3;/h6-8,10-11,14,24-25H,5H2,1-4H3,(H,22,27)(H3,18,20,21,26);1-2H3;5-6H,1-4H3,(H,8,9);;;1H4/t8-,10+,11?,14-,16-,30?;;6-,10?;;;/m1.1.../s1. The molecule has 0 aliphatic carbocycles. The first-order valence-corrected chi connectivity index (χ1v) is 21.9. The molecule has 22 heteroatoms. The molecule has 1 fully saturated rings. The number of fused-ring (bicyclic) bond motifs is 1. The summed E-state index contributed by atoms with van der Waals surface area (Å²) in [7, 11) is -3.43. The van der Waals surface area contributed by atoms with E-state index in [2.05, 4.69) is 98.2 Å². The van der Waals surface area contributed by atoms with Crippen molar-refractivity contribution in [1.82, 2.24) is 29.7 Å². The van der Waals surface area contributed by atoms with E-state index in [0.29, 0.717) is 5.92 Å². The summed E-state index contributed by atoms with van der Waals surface area (Å²) < 4.78 is 50.4. The molecule has 0 aromatic carbocycles. The van der Waals surface area contributed by atoms with E-state index in [9.17, 15) is 24.1 Å². The van der Waals surface area contributed by atoms with Crippen LogP contribution in [0.25, 0.3) is 11.2 Å². The quantitative estimate of drug-likeness (QED) is 0.148. The van der Waals surface area contributed by atoms with E-state index < -0.39 is 50.6 Å². The van der Waals surface area contributed by atoms with E-state index >= 15 is 4.39 Å². The summed E-state index contributed by atoms with van der Waals surface area (Å²) in [6.07, 6.45) is -3.65. The second kappa shape index (κ2) is 29.4. The number of nitrogen functional groups attached to an aromatic ring is 1. The number of hydrogen-bond donors (Lipinski definition) is 6. The predicted octanol–water partition coefficient (Wildman–Crippen LogP) is 3.29. The van der Waals surface area contributed by atoms with Crippen molar-refractivity contribution in [3.8, 4) is 59.2 Å². The van der Waals surface area contributed by atoms with Gasteiger partial charge in [-0.25, -0.2) is 14.5 Å². The molecule has 1 aliphatic heterocycles. The number of aliphatic hydroxyl groups excluding tert-OH is 2. The van der Waals surface area contributed by atoms with Gasteiger partial charge in [0.1, 0.15) is 18.8 Å². The van der Waals surface area contributed by atoms with Crippen molar-refractivity contribution >= 4 is 54.8 Å². The maximum atomic E-state index is 15.3. The lowest BCUT2D eigenvalue weighted by Gasteiger charge is -2.27. The van der Waals surface area contributed by atoms with Crippen LogP contribution >= 0.6 is 25.4 Å². The van der Waals surface area contributed by atoms with Crippen molar-refractivity contribution in [2.45, 2.75) is 99.2 Å². The van der Waals surface area contributed by atoms with Crippen molar-refractivity contribution in [1.29, 1.82) is 0 Å². The molecule has 18 nitrogen and oxygen atoms in total. The normalized spacial score (nSPS) is 19.8. The van der Waals surface area contributed by atoms with Crippen molar-refractivity contribution in [3.63, 3.8) is 0 Å². The Balaban J connectivity index is -0.000000892. The molecule has 3 unspecified atom stereocenters. The number of carbonyl (C=O) groups excluding carboxylic acids is 4. The van der Waals surface area contributed by atoms with Crippen LogP contribution in [0.3, 0.4) is 0 Å². The van der Waals surface area contributed by atoms with E-state index in [0.717, 1.165) is 10.9 Å². The average molecular weight is 886 g/mol. The van der Waals surface area contributed by atoms with Crippen LogP contribution in [0.5, 0.6) is 0 Å². The number of H-pyrrole nitrogens is 1. The van der Waals surface area contributed by atoms with Crippen LogP contribution in [0.15, 0.2) is 11.1 Å². The molecule has 3 heterocycles. The molecule has 8 atom stereocenters. The molecule has 0 saturated carbocycles. The summed E-state index contributed by atoms with van der Waals surface area (Å²) >= 11 is 5.52. The lowest BCUT2D eigenvalue weighted by atomic mass is 10.1. The van der Waals surface area contributed by atoms with Gasteiger partial charge in [0.15, 0.2) is 17.4 Å². The minimum Gasteiger partial charge on any atom is -0.385 e. The first-order chi connectivity index (χ1) is 26.9. The zero-order valence-corrected chi connectivity index (χ0v) is 36.0. The first-order valence-electron chi connectivity index (χ1n) is 16.7. The van der Waals surface area contributed by atoms with Gasteiger partial charge in [-0.2, -0.15) is 24.2 Å². The second-order valence-corrected chi connectivity index (χ2v) is 18.5. The lowest BCUT2D eigenvalue weighted by molar-refractivity contribution is -0.202. The number of nitrogens with one attached hydrogen (secondary N) is 3. The zero-order valence-electron chi connectivity index (χ0n) is 33.5. The van der Waals surface area contributed by atoms with Gasteiger partial charge in [-0.3, -0.25) is 28.6 Å². The summed E-state index contributed by atoms with van der Waals surface area (Å²) in [6, 6.07) is 0.0458. The van der Waals surface area contributed by atoms with E-state index in [1.54, 1.807) is 20.8 Å². The lowest BCUT2D eigenvalue weighted by Crippen LogP contribution is -2.43. The Hall–Kier alpha value is -4.85. The van der Waals surface area contributed by atoms with E-state index in [1.807, 2.05) is 20.8 Å². The number of alkyl halides is 1. The van der Waals surface area contributed by atoms with Crippen LogP contribution in [0.1, 0.15) is 69.0 Å². The SMILES string of the molecule is C.CC#CC#CC#CC#CC#CC.CC(C)[C@@H](C)NP(C)(=O)Cl.CC(C)[C@@H](C)NP(C)(=O)OC[C@@]1(F)O[C@@H](n2cnc3c(=O)[nH]c(N)nc32)[C@@H](O)C1O.O=C=O.O=C=O. The van der Waals surface area contributed by atoms with Gasteiger partial charge in [-0.1, -0.05) is 47.0 Å². The fourth-order valence-corrected chi connectivity index (χ4v) is 6.84. The van der Waals surface area contributed by atoms with Crippen LogP contribution in [-0.4, -0.2) is 92.1 Å². The number of imidazole rings is 1. The topological polar surface area (TPSA) is 275 Å². The average Bonchev–Trinajstić information content (AvgIpc) is 3.63. The maximum absolute atomic E-state index is 15.3. The second-order valence-electron chi connectivity index (χ2n) is 12.4. The number of nitrogens with zero attached hydrogens (tertiary/aromatic N) is 3. The third-order valence-electron chi connectivity index (χ3n) is 7.17. The third kappa shape index (κ3) is 23.4. The van der Waals surface area contributed by atoms with Crippen LogP contribution < -0.4 is 21.5 Å². The molecule has 0 spiro atoms. The number of hydrogen-bond acceptors (Lipinski definition) is 14. The van der Waals surface area contributed by atoms with Crippen molar-refractivity contribution in [2.24, 2.45) is 11.8 Å². The number of halogens is 2. The summed E-state index contributed by atoms with van der Waals surface area (Å²) in [6.45, 7) is 14.5. The Kier molecular flexibility index (Phi) is 29.1. The van der Waals surface area contributed by atoms with Crippen molar-refractivity contribution in [3.05, 3.63) is 16.7 Å². The smallest absolute Gasteiger partial charge is 0.373 e. The molecule has 2 aromatic rings. The highest BCUT2D eigenvalue weighted by Gasteiger charge is 2.57. The molecule has 0 amide bonds. The Labute approximate surface area is 348 Å². The van der Waals surface area contributed by atoms with Crippen molar-refractivity contribution < 1.29 is 52.2 Å². The van der Waals surface area contributed by atoms with E-state index in [-0.39, 0.29) is 54.8 Å². The summed E-state index contributed by atoms with van der Waals surface area (Å²) in [4.78, 5) is 54.5. The minimum atomic E-state index is -3.43. The van der Waals surface area contributed by atoms with Gasteiger partial charge in [-0.05, 0) is 98.1 Å². The predicted molar refractivity (Wildman–Crippen MR) is 219 cm³/mol. The Morgan fingerprint density at radius 2 is 1.36 bits per heavy atom. The molecule has 7 N–H and O–H groups in total. The minimum absolute atomic E-state index is 0. The fraction of sp³-hybridized carbons (Fsp3) is 0.541. The number of nitrogens with two attached hydrogens (primary N) is 1. The first kappa shape index (κ1) is 58.5. The van der Waals surface area contributed by atoms with Crippen LogP contribution in [0.2, 0.25) is 0 Å². The number of rotatable bonds is 10. The monoisotopic (exact) mass is 885 g/mol. The molecule has 2 aromatic heterocycles. The molecule has 3 rings (SSSR count). The summed E-state index contributed by atoms with van der Waals surface area (Å²) in [5.74, 6) is 23.1. The third-order valence-corrected chi connectivity index (χ3v) is 9.83. The van der Waals surface area contributed by atoms with E-state index in [1.165, 1.54) is 13.3 Å². The zero-order chi connectivity index (χ0) is 45.3. The van der Waals surface area contributed by atoms with Gasteiger partial charge in [0.05, 0.1) is 6.33 Å². The van der Waals surface area contributed by atoms with Crippen LogP contribution in [0.4, 0.5) is 10.3 Å². The highest BCUT2D eigenvalue weighted by atomic mass is 35.7. The largest absolute Gasteiger partial charge is 0.385 e. The molecule has 59 heavy (non-hydrogen) atoms. The molecular weight excluding hydrogens is 835 g/mol. The number of anilines is 1. The molecule has 0 radical (unpaired) electrons. The summed E-state index contributed by atoms with van der Waals surface area (Å²) in [5.41, 5.74) is 4.73. The van der Waals surface area contributed by atoms with Crippen LogP contribution in [-0.2, 0) is 37.6 Å². The molecule has 1 saturated heterocycles. The fourth-order valence-electron chi connectivity index (χ4n) is 3.81. The molecule has 0 bridgehead atoms. The van der Waals surface area contributed by atoms with Gasteiger partial charge in [0, 0.05) is 25.4 Å². The highest BCUT2D eigenvalue weighted by Crippen LogP contribution is 2.45. The Morgan fingerprint density at radius 1 is 0.932 bits per heavy atom. The van der Waals surface area contributed by atoms with Gasteiger partial charge >= 0.3 is 12.3 Å². The summed E-state index contributed by atoms with van der Waals surface area (Å²) in [5, 5.41) is 26.2. The van der Waals surface area contributed by atoms with Crippen molar-refractivity contribution in [2.75, 3.05) is 25.7 Å². The molecule has 324 valence electrons. The van der Waals surface area contributed by atoms with Crippen LogP contribution in [0, 0.1) is 71.0 Å². The van der Waals surface area contributed by atoms with Gasteiger partial charge in [0.2, 0.25) is 12.6 Å². The Morgan fingerprint density at radius 3 is 1.75 bits per heavy atom. The molecule has 1 aliphatic rings.